The number of hydrogen-bond donors (Lipinski definition) is 1. The molecular weight excluding hydrogens is 398 g/mol. The highest BCUT2D eigenvalue weighted by molar-refractivity contribution is 9.10. The zero-order chi connectivity index (χ0) is 18.8. The predicted octanol–water partition coefficient (Wildman–Crippen LogP) is 2.05. The van der Waals surface area contributed by atoms with Crippen LogP contribution in [-0.4, -0.2) is 67.5 Å². The van der Waals surface area contributed by atoms with Gasteiger partial charge in [0, 0.05) is 39.1 Å². The fraction of sp³-hybridized carbons (Fsp3) is 0.474. The Kier molecular flexibility index (Phi) is 8.64. The van der Waals surface area contributed by atoms with Crippen LogP contribution in [0.1, 0.15) is 12.8 Å². The third-order valence-electron chi connectivity index (χ3n) is 4.16. The van der Waals surface area contributed by atoms with Gasteiger partial charge in [0.05, 0.1) is 17.6 Å². The molecule has 1 aliphatic rings. The lowest BCUT2D eigenvalue weighted by molar-refractivity contribution is -0.133. The van der Waals surface area contributed by atoms with Gasteiger partial charge in [0.2, 0.25) is 11.8 Å². The monoisotopic (exact) mass is 423 g/mol. The Bertz CT molecular complexity index is 616. The van der Waals surface area contributed by atoms with Crippen LogP contribution in [0.2, 0.25) is 0 Å². The van der Waals surface area contributed by atoms with Gasteiger partial charge in [-0.3, -0.25) is 14.5 Å². The quantitative estimate of drug-likeness (QED) is 0.487. The maximum atomic E-state index is 12.3. The van der Waals surface area contributed by atoms with Crippen molar-refractivity contribution < 1.29 is 14.3 Å². The molecule has 7 heteroatoms. The minimum atomic E-state index is -0.00565. The molecule has 26 heavy (non-hydrogen) atoms. The van der Waals surface area contributed by atoms with E-state index >= 15 is 0 Å². The van der Waals surface area contributed by atoms with Crippen molar-refractivity contribution in [2.24, 2.45) is 0 Å². The van der Waals surface area contributed by atoms with E-state index in [1.54, 1.807) is 6.08 Å². The average molecular weight is 424 g/mol. The standard InChI is InChI=1S/C19H26BrN3O3/c1-2-9-21-18(24)15-22-10-12-23(13-11-22)19(25)8-5-14-26-17-7-4-3-6-16(17)20/h2-4,6-7H,1,5,8-15H2,(H,21,24). The Balaban J connectivity index is 1.61. The number of piperazine rings is 1. The van der Waals surface area contributed by atoms with E-state index in [0.29, 0.717) is 45.6 Å². The molecule has 0 spiro atoms. The van der Waals surface area contributed by atoms with Crippen molar-refractivity contribution in [3.63, 3.8) is 0 Å². The number of amides is 2. The van der Waals surface area contributed by atoms with Crippen LogP contribution < -0.4 is 10.1 Å². The van der Waals surface area contributed by atoms with Crippen molar-refractivity contribution in [2.75, 3.05) is 45.9 Å². The highest BCUT2D eigenvalue weighted by atomic mass is 79.9. The number of ether oxygens (including phenoxy) is 1. The van der Waals surface area contributed by atoms with Crippen LogP contribution >= 0.6 is 15.9 Å². The number of para-hydroxylation sites is 1. The molecule has 1 fully saturated rings. The summed E-state index contributed by atoms with van der Waals surface area (Å²) in [6.07, 6.45) is 2.82. The third-order valence-corrected chi connectivity index (χ3v) is 4.82. The minimum absolute atomic E-state index is 0.00565. The van der Waals surface area contributed by atoms with Gasteiger partial charge < -0.3 is 15.0 Å². The number of halogens is 1. The predicted molar refractivity (Wildman–Crippen MR) is 105 cm³/mol. The zero-order valence-corrected chi connectivity index (χ0v) is 16.5. The van der Waals surface area contributed by atoms with Gasteiger partial charge in [0.15, 0.2) is 0 Å². The molecule has 0 radical (unpaired) electrons. The maximum absolute atomic E-state index is 12.3. The molecular formula is C19H26BrN3O3. The van der Waals surface area contributed by atoms with Crippen LogP contribution in [0.5, 0.6) is 5.75 Å². The molecule has 1 saturated heterocycles. The van der Waals surface area contributed by atoms with E-state index in [1.807, 2.05) is 29.2 Å². The second-order valence-electron chi connectivity index (χ2n) is 6.13. The fourth-order valence-corrected chi connectivity index (χ4v) is 3.13. The van der Waals surface area contributed by atoms with E-state index in [9.17, 15) is 9.59 Å². The van der Waals surface area contributed by atoms with Gasteiger partial charge in [0.1, 0.15) is 5.75 Å². The summed E-state index contributed by atoms with van der Waals surface area (Å²) in [5, 5.41) is 2.77. The van der Waals surface area contributed by atoms with Crippen LogP contribution in [0.25, 0.3) is 0 Å². The smallest absolute Gasteiger partial charge is 0.234 e. The highest BCUT2D eigenvalue weighted by Gasteiger charge is 2.21. The number of nitrogens with zero attached hydrogens (tertiary/aromatic N) is 2. The average Bonchev–Trinajstić information content (AvgIpc) is 2.65. The minimum Gasteiger partial charge on any atom is -0.492 e. The number of benzene rings is 1. The molecule has 0 unspecified atom stereocenters. The van der Waals surface area contributed by atoms with Crippen LogP contribution in [0, 0.1) is 0 Å². The van der Waals surface area contributed by atoms with Crippen molar-refractivity contribution in [1.29, 1.82) is 0 Å². The molecule has 2 rings (SSSR count). The summed E-state index contributed by atoms with van der Waals surface area (Å²) < 4.78 is 6.61. The Morgan fingerprint density at radius 3 is 2.65 bits per heavy atom. The Morgan fingerprint density at radius 1 is 1.23 bits per heavy atom. The first-order valence-electron chi connectivity index (χ1n) is 8.85. The molecule has 2 amide bonds. The number of hydrogen-bond acceptors (Lipinski definition) is 4. The summed E-state index contributed by atoms with van der Waals surface area (Å²) in [4.78, 5) is 27.9. The lowest BCUT2D eigenvalue weighted by atomic mass is 10.2. The maximum Gasteiger partial charge on any atom is 0.234 e. The van der Waals surface area contributed by atoms with Crippen LogP contribution in [0.4, 0.5) is 0 Å². The van der Waals surface area contributed by atoms with Gasteiger partial charge in [-0.2, -0.15) is 0 Å². The molecule has 0 aliphatic carbocycles. The van der Waals surface area contributed by atoms with Crippen LogP contribution in [0.15, 0.2) is 41.4 Å². The molecule has 0 saturated carbocycles. The summed E-state index contributed by atoms with van der Waals surface area (Å²) in [6.45, 7) is 7.72. The van der Waals surface area contributed by atoms with Crippen molar-refractivity contribution >= 4 is 27.7 Å². The van der Waals surface area contributed by atoms with Gasteiger partial charge in [-0.15, -0.1) is 6.58 Å². The lowest BCUT2D eigenvalue weighted by Crippen LogP contribution is -2.51. The van der Waals surface area contributed by atoms with Crippen LogP contribution in [-0.2, 0) is 9.59 Å². The number of carbonyl (C=O) groups is 2. The first-order valence-corrected chi connectivity index (χ1v) is 9.64. The molecule has 0 aromatic heterocycles. The molecule has 142 valence electrons. The van der Waals surface area contributed by atoms with E-state index in [0.717, 1.165) is 23.3 Å². The number of nitrogens with one attached hydrogen (secondary N) is 1. The Labute approximate surface area is 163 Å². The first kappa shape index (κ1) is 20.5. The first-order chi connectivity index (χ1) is 12.6. The molecule has 1 aromatic carbocycles. The largest absolute Gasteiger partial charge is 0.492 e. The summed E-state index contributed by atoms with van der Waals surface area (Å²) >= 11 is 3.44. The topological polar surface area (TPSA) is 61.9 Å². The van der Waals surface area contributed by atoms with Crippen molar-refractivity contribution in [3.8, 4) is 5.75 Å². The van der Waals surface area contributed by atoms with Crippen LogP contribution in [0.3, 0.4) is 0 Å². The lowest BCUT2D eigenvalue weighted by Gasteiger charge is -2.34. The summed E-state index contributed by atoms with van der Waals surface area (Å²) in [7, 11) is 0. The van der Waals surface area contributed by atoms with E-state index in [-0.39, 0.29) is 11.8 Å². The number of carbonyl (C=O) groups excluding carboxylic acids is 2. The van der Waals surface area contributed by atoms with Crippen molar-refractivity contribution in [2.45, 2.75) is 12.8 Å². The second-order valence-corrected chi connectivity index (χ2v) is 6.99. The van der Waals surface area contributed by atoms with E-state index in [1.165, 1.54) is 0 Å². The molecule has 1 aromatic rings. The molecule has 1 heterocycles. The summed E-state index contributed by atoms with van der Waals surface area (Å²) in [6, 6.07) is 7.68. The fourth-order valence-electron chi connectivity index (χ4n) is 2.73. The van der Waals surface area contributed by atoms with Gasteiger partial charge in [-0.25, -0.2) is 0 Å². The molecule has 1 N–H and O–H groups in total. The third kappa shape index (κ3) is 6.80. The Morgan fingerprint density at radius 2 is 1.96 bits per heavy atom. The molecule has 0 bridgehead atoms. The van der Waals surface area contributed by atoms with E-state index in [2.05, 4.69) is 32.7 Å². The Hall–Kier alpha value is -1.86. The summed E-state index contributed by atoms with van der Waals surface area (Å²) in [5.74, 6) is 0.939. The molecule has 6 nitrogen and oxygen atoms in total. The van der Waals surface area contributed by atoms with Gasteiger partial charge in [-0.1, -0.05) is 18.2 Å². The normalized spacial score (nSPS) is 14.7. The van der Waals surface area contributed by atoms with E-state index < -0.39 is 0 Å². The van der Waals surface area contributed by atoms with Gasteiger partial charge in [0.25, 0.3) is 0 Å². The molecule has 0 atom stereocenters. The van der Waals surface area contributed by atoms with Crippen molar-refractivity contribution in [3.05, 3.63) is 41.4 Å². The zero-order valence-electron chi connectivity index (χ0n) is 15.0. The van der Waals surface area contributed by atoms with Gasteiger partial charge >= 0.3 is 0 Å². The second kappa shape index (κ2) is 11.0. The summed E-state index contributed by atoms with van der Waals surface area (Å²) in [5.41, 5.74) is 0. The van der Waals surface area contributed by atoms with E-state index in [4.69, 9.17) is 4.74 Å². The number of rotatable bonds is 9. The highest BCUT2D eigenvalue weighted by Crippen LogP contribution is 2.23. The molecule has 1 aliphatic heterocycles. The van der Waals surface area contributed by atoms with Crippen molar-refractivity contribution in [1.82, 2.24) is 15.1 Å². The van der Waals surface area contributed by atoms with Gasteiger partial charge in [-0.05, 0) is 34.5 Å². The SMILES string of the molecule is C=CCNC(=O)CN1CCN(C(=O)CCCOc2ccccc2Br)CC1.